The number of likely N-dealkylation sites (tertiary alicyclic amines) is 1. The van der Waals surface area contributed by atoms with E-state index in [1.807, 2.05) is 13.0 Å². The molecule has 1 spiro atoms. The molecule has 33 heavy (non-hydrogen) atoms. The molecule has 4 rings (SSSR count). The van der Waals surface area contributed by atoms with Gasteiger partial charge in [-0.1, -0.05) is 30.3 Å². The monoisotopic (exact) mass is 483 g/mol. The first-order valence-corrected chi connectivity index (χ1v) is 11.0. The Bertz CT molecular complexity index is 917. The van der Waals surface area contributed by atoms with Crippen molar-refractivity contribution in [3.05, 3.63) is 65.5 Å². The molecule has 1 atom stereocenters. The van der Waals surface area contributed by atoms with Crippen molar-refractivity contribution in [1.29, 1.82) is 0 Å². The van der Waals surface area contributed by atoms with Crippen LogP contribution in [0.1, 0.15) is 41.4 Å². The highest BCUT2D eigenvalue weighted by Crippen LogP contribution is 2.33. The Kier molecular flexibility index (Phi) is 8.03. The van der Waals surface area contributed by atoms with Crippen molar-refractivity contribution in [3.63, 3.8) is 0 Å². The van der Waals surface area contributed by atoms with Gasteiger partial charge in [-0.15, -0.1) is 12.4 Å². The first-order valence-electron chi connectivity index (χ1n) is 11.0. The van der Waals surface area contributed by atoms with Crippen molar-refractivity contribution in [1.82, 2.24) is 14.8 Å². The molecule has 2 aliphatic heterocycles. The van der Waals surface area contributed by atoms with Crippen LogP contribution in [-0.4, -0.2) is 65.1 Å². The molecule has 2 aliphatic rings. The summed E-state index contributed by atoms with van der Waals surface area (Å²) in [6.07, 6.45) is -1.27. The molecule has 2 saturated heterocycles. The minimum Gasteiger partial charge on any atom is -0.368 e. The highest BCUT2D eigenvalue weighted by atomic mass is 35.5. The fourth-order valence-electron chi connectivity index (χ4n) is 4.62. The molecule has 1 aromatic heterocycles. The standard InChI is InChI=1S/C24H28F3N3O2.ClH/c1-18-16-30(22(31)21-8-7-20(15-28-21)24(25,26)27)17-23(32-18)10-13-29(14-11-23)12-9-19-5-3-2-4-6-19;/h2-8,15,18H,9-14,16-17H2,1H3;1H. The van der Waals surface area contributed by atoms with Gasteiger partial charge < -0.3 is 14.5 Å². The van der Waals surface area contributed by atoms with Gasteiger partial charge in [0.25, 0.3) is 5.91 Å². The fraction of sp³-hybridized carbons (Fsp3) is 0.500. The summed E-state index contributed by atoms with van der Waals surface area (Å²) < 4.78 is 44.7. The first-order chi connectivity index (χ1) is 15.2. The number of piperidine rings is 1. The number of alkyl halides is 3. The number of hydrogen-bond acceptors (Lipinski definition) is 4. The van der Waals surface area contributed by atoms with Crippen molar-refractivity contribution in [2.24, 2.45) is 0 Å². The molecule has 0 N–H and O–H groups in total. The van der Waals surface area contributed by atoms with E-state index < -0.39 is 17.3 Å². The van der Waals surface area contributed by atoms with Crippen LogP contribution >= 0.6 is 12.4 Å². The summed E-state index contributed by atoms with van der Waals surface area (Å²) in [5, 5.41) is 0. The third-order valence-electron chi connectivity index (χ3n) is 6.33. The number of aromatic nitrogens is 1. The molecule has 2 fully saturated rings. The maximum Gasteiger partial charge on any atom is 0.417 e. The van der Waals surface area contributed by atoms with E-state index in [4.69, 9.17) is 4.74 Å². The summed E-state index contributed by atoms with van der Waals surface area (Å²) in [7, 11) is 0. The number of carbonyl (C=O) groups is 1. The molecule has 0 radical (unpaired) electrons. The van der Waals surface area contributed by atoms with E-state index in [9.17, 15) is 18.0 Å². The maximum atomic E-state index is 13.0. The normalized spacial score (nSPS) is 21.0. The Morgan fingerprint density at radius 1 is 1.15 bits per heavy atom. The zero-order chi connectivity index (χ0) is 22.8. The predicted octanol–water partition coefficient (Wildman–Crippen LogP) is 4.46. The van der Waals surface area contributed by atoms with E-state index in [2.05, 4.69) is 34.1 Å². The second-order valence-corrected chi connectivity index (χ2v) is 8.80. The van der Waals surface area contributed by atoms with Crippen LogP contribution in [0, 0.1) is 0 Å². The summed E-state index contributed by atoms with van der Waals surface area (Å²) in [6.45, 7) is 5.53. The molecule has 0 aliphatic carbocycles. The van der Waals surface area contributed by atoms with E-state index in [0.29, 0.717) is 13.1 Å². The minimum absolute atomic E-state index is 0. The molecule has 180 valence electrons. The van der Waals surface area contributed by atoms with Gasteiger partial charge in [0.2, 0.25) is 0 Å². The number of amides is 1. The Labute approximate surface area is 198 Å². The van der Waals surface area contributed by atoms with Gasteiger partial charge in [0.05, 0.1) is 23.8 Å². The number of pyridine rings is 1. The molecule has 5 nitrogen and oxygen atoms in total. The van der Waals surface area contributed by atoms with Gasteiger partial charge in [0, 0.05) is 32.4 Å². The zero-order valence-corrected chi connectivity index (χ0v) is 19.4. The molecule has 1 aromatic carbocycles. The average molecular weight is 484 g/mol. The third-order valence-corrected chi connectivity index (χ3v) is 6.33. The van der Waals surface area contributed by atoms with E-state index in [1.54, 1.807) is 4.90 Å². The molecule has 3 heterocycles. The van der Waals surface area contributed by atoms with E-state index in [0.717, 1.165) is 57.2 Å². The molecule has 1 unspecified atom stereocenters. The van der Waals surface area contributed by atoms with E-state index in [1.165, 1.54) is 5.56 Å². The predicted molar refractivity (Wildman–Crippen MR) is 121 cm³/mol. The lowest BCUT2D eigenvalue weighted by molar-refractivity contribution is -0.161. The molecule has 2 aromatic rings. The summed E-state index contributed by atoms with van der Waals surface area (Å²) in [5.74, 6) is -0.347. The van der Waals surface area contributed by atoms with Crippen LogP contribution in [0.15, 0.2) is 48.7 Å². The molecular weight excluding hydrogens is 455 g/mol. The molecular formula is C24H29ClF3N3O2. The lowest BCUT2D eigenvalue weighted by Crippen LogP contribution is -2.60. The van der Waals surface area contributed by atoms with Crippen LogP contribution in [0.5, 0.6) is 0 Å². The highest BCUT2D eigenvalue weighted by Gasteiger charge is 2.43. The van der Waals surface area contributed by atoms with Crippen molar-refractivity contribution < 1.29 is 22.7 Å². The Balaban J connectivity index is 0.00000306. The van der Waals surface area contributed by atoms with Crippen LogP contribution in [0.3, 0.4) is 0 Å². The van der Waals surface area contributed by atoms with Gasteiger partial charge in [0.1, 0.15) is 5.69 Å². The number of benzene rings is 1. The summed E-state index contributed by atoms with van der Waals surface area (Å²) in [6, 6.07) is 12.5. The largest absolute Gasteiger partial charge is 0.417 e. The fourth-order valence-corrected chi connectivity index (χ4v) is 4.62. The lowest BCUT2D eigenvalue weighted by Gasteiger charge is -2.49. The number of morpholine rings is 1. The van der Waals surface area contributed by atoms with Crippen molar-refractivity contribution in [2.75, 3.05) is 32.7 Å². The minimum atomic E-state index is -4.47. The van der Waals surface area contributed by atoms with Crippen molar-refractivity contribution >= 4 is 18.3 Å². The van der Waals surface area contributed by atoms with Crippen LogP contribution in [0.25, 0.3) is 0 Å². The maximum absolute atomic E-state index is 13.0. The van der Waals surface area contributed by atoms with Crippen molar-refractivity contribution in [2.45, 2.75) is 44.1 Å². The first kappa shape index (κ1) is 25.5. The second kappa shape index (κ2) is 10.4. The molecule has 0 bridgehead atoms. The molecule has 1 amide bonds. The summed E-state index contributed by atoms with van der Waals surface area (Å²) in [4.78, 5) is 20.9. The van der Waals surface area contributed by atoms with E-state index >= 15 is 0 Å². The Morgan fingerprint density at radius 2 is 1.85 bits per heavy atom. The van der Waals surface area contributed by atoms with Gasteiger partial charge in [-0.2, -0.15) is 13.2 Å². The number of carbonyl (C=O) groups excluding carboxylic acids is 1. The molecule has 0 saturated carbocycles. The van der Waals surface area contributed by atoms with Gasteiger partial charge in [-0.3, -0.25) is 9.78 Å². The van der Waals surface area contributed by atoms with Crippen LogP contribution < -0.4 is 0 Å². The summed E-state index contributed by atoms with van der Waals surface area (Å²) >= 11 is 0. The third kappa shape index (κ3) is 6.25. The second-order valence-electron chi connectivity index (χ2n) is 8.80. The summed E-state index contributed by atoms with van der Waals surface area (Å²) in [5.41, 5.74) is 0.0742. The Morgan fingerprint density at radius 3 is 2.45 bits per heavy atom. The highest BCUT2D eigenvalue weighted by molar-refractivity contribution is 5.92. The number of hydrogen-bond donors (Lipinski definition) is 0. The smallest absolute Gasteiger partial charge is 0.368 e. The molecule has 9 heteroatoms. The topological polar surface area (TPSA) is 45.7 Å². The van der Waals surface area contributed by atoms with E-state index in [-0.39, 0.29) is 30.1 Å². The van der Waals surface area contributed by atoms with Crippen LogP contribution in [0.4, 0.5) is 13.2 Å². The van der Waals surface area contributed by atoms with Gasteiger partial charge >= 0.3 is 6.18 Å². The quantitative estimate of drug-likeness (QED) is 0.644. The number of nitrogens with zero attached hydrogens (tertiary/aromatic N) is 3. The number of ether oxygens (including phenoxy) is 1. The van der Waals surface area contributed by atoms with Crippen LogP contribution in [0.2, 0.25) is 0 Å². The van der Waals surface area contributed by atoms with Gasteiger partial charge in [-0.05, 0) is 43.9 Å². The lowest BCUT2D eigenvalue weighted by atomic mass is 9.88. The van der Waals surface area contributed by atoms with Crippen molar-refractivity contribution in [3.8, 4) is 0 Å². The van der Waals surface area contributed by atoms with Gasteiger partial charge in [0.15, 0.2) is 0 Å². The van der Waals surface area contributed by atoms with Gasteiger partial charge in [-0.25, -0.2) is 0 Å². The zero-order valence-electron chi connectivity index (χ0n) is 18.6. The number of rotatable bonds is 4. The number of halogens is 4. The SMILES string of the molecule is CC1CN(C(=O)c2ccc(C(F)(F)F)cn2)CC2(CCN(CCc3ccccc3)CC2)O1.Cl. The average Bonchev–Trinajstić information content (AvgIpc) is 2.78. The van der Waals surface area contributed by atoms with Crippen LogP contribution in [-0.2, 0) is 17.3 Å². The Hall–Kier alpha value is -2.16.